The Kier molecular flexibility index (Phi) is 14.7. The normalized spacial score (nSPS) is 30.8. The number of esters is 1. The highest BCUT2D eigenvalue weighted by atomic mass is 35.5. The predicted molar refractivity (Wildman–Crippen MR) is 214 cm³/mol. The van der Waals surface area contributed by atoms with Crippen LogP contribution in [0, 0.1) is 5.92 Å². The molecule has 0 radical (unpaired) electrons. The SMILES string of the molecule is COc1cc2cc(c1Cl)N(C)C(=O)C[C@H](OC(=O)[C@H](C)N(C)C(=O)CCC(C)(C)SSN)[C@]1(C)O[C@H]1[C@H](C)[C@@H]1C[C@@](O)(NC(=O)O1)[C@H](OC)/C=C/C=C(\C)C2. The fourth-order valence-corrected chi connectivity index (χ4v) is 8.76. The standard InChI is InChI=1S/C38H55ClN4O10S2/c1-21-12-11-13-28(50-10)38(48)20-27(51-35(47)41-38)22(2)33-37(6,53-33)29(19-31(45)43(8)25-17-24(16-21)18-26(49-9)32(25)39)52-34(46)23(3)42(7)30(44)14-15-36(4,5)54-55-40/h11-13,17-18,22-23,27-29,33,48H,14-16,19-20,40H2,1-10H3,(H,41,47)/b13-11+,21-12+/t22-,23+,27+,28-,29+,33+,37+,38+/m1/s1. The Labute approximate surface area is 336 Å². The lowest BCUT2D eigenvalue weighted by Gasteiger charge is -2.42. The number of nitrogens with zero attached hydrogens (tertiary/aromatic N) is 2. The summed E-state index contributed by atoms with van der Waals surface area (Å²) in [7, 11) is 8.62. The molecule has 0 spiro atoms. The third-order valence-electron chi connectivity index (χ3n) is 10.7. The highest BCUT2D eigenvalue weighted by Crippen LogP contribution is 2.49. The van der Waals surface area contributed by atoms with E-state index >= 15 is 0 Å². The molecule has 0 unspecified atom stereocenters. The largest absolute Gasteiger partial charge is 0.495 e. The maximum absolute atomic E-state index is 14.2. The second kappa shape index (κ2) is 18.1. The number of anilines is 1. The number of carbonyl (C=O) groups is 4. The van der Waals surface area contributed by atoms with Crippen molar-refractivity contribution in [1.82, 2.24) is 10.2 Å². The zero-order valence-electron chi connectivity index (χ0n) is 33.2. The van der Waals surface area contributed by atoms with E-state index in [-0.39, 0.29) is 34.9 Å². The van der Waals surface area contributed by atoms with Crippen LogP contribution >= 0.6 is 33.4 Å². The first-order chi connectivity index (χ1) is 25.7. The number of nitrogens with one attached hydrogen (secondary N) is 1. The number of hydrogen-bond donors (Lipinski definition) is 3. The molecular formula is C38H55ClN4O10S2. The van der Waals surface area contributed by atoms with Gasteiger partial charge in [-0.1, -0.05) is 53.1 Å². The van der Waals surface area contributed by atoms with Crippen molar-refractivity contribution in [2.45, 2.75) is 120 Å². The van der Waals surface area contributed by atoms with Gasteiger partial charge in [0.05, 0.1) is 25.3 Å². The average molecular weight is 827 g/mol. The molecule has 8 atom stereocenters. The molecule has 3 amide bonds. The van der Waals surface area contributed by atoms with Crippen molar-refractivity contribution in [2.24, 2.45) is 11.1 Å². The minimum atomic E-state index is -1.83. The summed E-state index contributed by atoms with van der Waals surface area (Å²) in [5.41, 5.74) is -0.937. The Hall–Kier alpha value is -2.99. The van der Waals surface area contributed by atoms with Gasteiger partial charge >= 0.3 is 12.1 Å². The maximum atomic E-state index is 14.2. The van der Waals surface area contributed by atoms with Crippen LogP contribution in [0.4, 0.5) is 10.5 Å². The van der Waals surface area contributed by atoms with Gasteiger partial charge in [-0.25, -0.2) is 9.59 Å². The van der Waals surface area contributed by atoms with Gasteiger partial charge in [0, 0.05) is 44.7 Å². The molecule has 4 bridgehead atoms. The van der Waals surface area contributed by atoms with Crippen molar-refractivity contribution >= 4 is 62.9 Å². The Morgan fingerprint density at radius 3 is 2.60 bits per heavy atom. The summed E-state index contributed by atoms with van der Waals surface area (Å²) >= 11 is 6.77. The highest BCUT2D eigenvalue weighted by molar-refractivity contribution is 8.76. The number of hydrogen-bond acceptors (Lipinski definition) is 13. The molecule has 1 aromatic rings. The van der Waals surface area contributed by atoms with E-state index in [2.05, 4.69) is 5.32 Å². The Balaban J connectivity index is 1.71. The molecule has 3 aliphatic rings. The van der Waals surface area contributed by atoms with Crippen molar-refractivity contribution in [2.75, 3.05) is 33.2 Å². The number of likely N-dealkylation sites (N-methyl/N-ethyl adjacent to an activating group) is 1. The summed E-state index contributed by atoms with van der Waals surface area (Å²) in [6, 6.07) is 2.59. The monoisotopic (exact) mass is 826 g/mol. The lowest BCUT2D eigenvalue weighted by Crippen LogP contribution is -2.63. The van der Waals surface area contributed by atoms with Gasteiger partial charge in [0.15, 0.2) is 5.72 Å². The summed E-state index contributed by atoms with van der Waals surface area (Å²) in [5, 5.41) is 20.1. The fourth-order valence-electron chi connectivity index (χ4n) is 6.97. The zero-order valence-corrected chi connectivity index (χ0v) is 35.6. The van der Waals surface area contributed by atoms with Gasteiger partial charge in [-0.2, -0.15) is 0 Å². The summed E-state index contributed by atoms with van der Waals surface area (Å²) in [6.45, 7) is 11.0. The average Bonchev–Trinajstić information content (AvgIpc) is 3.82. The van der Waals surface area contributed by atoms with Gasteiger partial charge in [-0.15, -0.1) is 0 Å². The first kappa shape index (κ1) is 44.7. The van der Waals surface area contributed by atoms with Crippen molar-refractivity contribution in [3.63, 3.8) is 0 Å². The van der Waals surface area contributed by atoms with Gasteiger partial charge in [-0.3, -0.25) is 20.0 Å². The van der Waals surface area contributed by atoms with E-state index < -0.39 is 65.7 Å². The Morgan fingerprint density at radius 2 is 1.96 bits per heavy atom. The smallest absolute Gasteiger partial charge is 0.409 e. The third kappa shape index (κ3) is 10.5. The third-order valence-corrected chi connectivity index (χ3v) is 13.5. The van der Waals surface area contributed by atoms with Gasteiger partial charge in [-0.05, 0) is 76.1 Å². The minimum Gasteiger partial charge on any atom is -0.495 e. The van der Waals surface area contributed by atoms with E-state index in [0.29, 0.717) is 24.3 Å². The van der Waals surface area contributed by atoms with Crippen molar-refractivity contribution in [1.29, 1.82) is 0 Å². The molecule has 3 heterocycles. The van der Waals surface area contributed by atoms with E-state index in [1.807, 2.05) is 26.8 Å². The molecule has 0 saturated carbocycles. The van der Waals surface area contributed by atoms with Crippen LogP contribution in [0.1, 0.15) is 72.8 Å². The van der Waals surface area contributed by atoms with Gasteiger partial charge in [0.2, 0.25) is 11.8 Å². The molecule has 1 aromatic carbocycles. The second-order valence-corrected chi connectivity index (χ2v) is 18.3. The number of fused-ring (bicyclic) bond motifs is 5. The molecule has 0 aromatic heterocycles. The molecule has 55 heavy (non-hydrogen) atoms. The number of rotatable bonds is 10. The summed E-state index contributed by atoms with van der Waals surface area (Å²) in [4.78, 5) is 56.8. The van der Waals surface area contributed by atoms with Crippen LogP contribution in [0.2, 0.25) is 5.02 Å². The number of epoxide rings is 1. The number of carbonyl (C=O) groups excluding carboxylic acids is 4. The number of nitrogens with two attached hydrogens (primary N) is 1. The fraction of sp³-hybridized carbons (Fsp3) is 0.632. The van der Waals surface area contributed by atoms with Gasteiger partial charge in [0.1, 0.15) is 40.7 Å². The molecule has 306 valence electrons. The quantitative estimate of drug-likeness (QED) is 0.119. The van der Waals surface area contributed by atoms with Gasteiger partial charge < -0.3 is 38.6 Å². The molecule has 2 fully saturated rings. The van der Waals surface area contributed by atoms with E-state index in [9.17, 15) is 24.3 Å². The van der Waals surface area contributed by atoms with Crippen molar-refractivity contribution < 1.29 is 48.0 Å². The van der Waals surface area contributed by atoms with Crippen LogP contribution in [0.5, 0.6) is 5.75 Å². The van der Waals surface area contributed by atoms with Crippen LogP contribution in [0.15, 0.2) is 35.9 Å². The van der Waals surface area contributed by atoms with E-state index in [0.717, 1.165) is 22.1 Å². The number of aliphatic hydroxyl groups is 1. The zero-order chi connectivity index (χ0) is 41.0. The van der Waals surface area contributed by atoms with E-state index in [1.165, 1.54) is 41.9 Å². The first-order valence-corrected chi connectivity index (χ1v) is 20.7. The lowest BCUT2D eigenvalue weighted by atomic mass is 9.83. The van der Waals surface area contributed by atoms with Crippen LogP contribution < -0.4 is 20.1 Å². The molecule has 14 nitrogen and oxygen atoms in total. The number of methoxy groups -OCH3 is 2. The number of ether oxygens (including phenoxy) is 5. The summed E-state index contributed by atoms with van der Waals surface area (Å²) < 4.78 is 29.0. The topological polar surface area (TPSA) is 182 Å². The molecular weight excluding hydrogens is 772 g/mol. The maximum Gasteiger partial charge on any atom is 0.409 e. The van der Waals surface area contributed by atoms with Crippen LogP contribution in [0.25, 0.3) is 0 Å². The van der Waals surface area contributed by atoms with Gasteiger partial charge in [0.25, 0.3) is 0 Å². The minimum absolute atomic E-state index is 0.0547. The number of alkyl carbamates (subject to hydrolysis) is 1. The number of halogens is 1. The first-order valence-electron chi connectivity index (χ1n) is 18.1. The molecule has 2 saturated heterocycles. The molecule has 3 aliphatic heterocycles. The Morgan fingerprint density at radius 1 is 1.27 bits per heavy atom. The lowest BCUT2D eigenvalue weighted by molar-refractivity contribution is -0.162. The molecule has 0 aliphatic carbocycles. The number of allylic oxidation sites excluding steroid dienone is 3. The summed E-state index contributed by atoms with van der Waals surface area (Å²) in [5.74, 6) is -1.59. The van der Waals surface area contributed by atoms with E-state index in [4.69, 9.17) is 40.4 Å². The molecule has 4 N–H and O–H groups in total. The van der Waals surface area contributed by atoms with Crippen LogP contribution in [-0.2, 0) is 39.8 Å². The van der Waals surface area contributed by atoms with Crippen molar-refractivity contribution in [3.8, 4) is 5.75 Å². The predicted octanol–water partition coefficient (Wildman–Crippen LogP) is 5.33. The van der Waals surface area contributed by atoms with Crippen molar-refractivity contribution in [3.05, 3.63) is 46.5 Å². The second-order valence-electron chi connectivity index (χ2n) is 15.3. The molecule has 4 rings (SSSR count). The number of benzene rings is 1. The van der Waals surface area contributed by atoms with Crippen LogP contribution in [0.3, 0.4) is 0 Å². The number of amides is 3. The van der Waals surface area contributed by atoms with Crippen LogP contribution in [-0.4, -0.2) is 109 Å². The summed E-state index contributed by atoms with van der Waals surface area (Å²) in [6.07, 6.45) is 1.61. The molecule has 17 heteroatoms. The van der Waals surface area contributed by atoms with E-state index in [1.54, 1.807) is 52.1 Å². The highest BCUT2D eigenvalue weighted by Gasteiger charge is 2.64. The Bertz CT molecular complexity index is 1680.